The molecule has 0 saturated carbocycles. The molecule has 1 aliphatic heterocycles. The molecule has 2 N–H and O–H groups in total. The van der Waals surface area contributed by atoms with Gasteiger partial charge in [-0.25, -0.2) is 0 Å². The molecule has 1 aromatic heterocycles. The molecule has 1 unspecified atom stereocenters. The van der Waals surface area contributed by atoms with Gasteiger partial charge in [-0.05, 0) is 24.3 Å². The Morgan fingerprint density at radius 2 is 2.16 bits per heavy atom. The van der Waals surface area contributed by atoms with E-state index in [0.717, 1.165) is 21.4 Å². The zero-order valence-electron chi connectivity index (χ0n) is 10.1. The summed E-state index contributed by atoms with van der Waals surface area (Å²) in [5.74, 6) is -0.0845. The number of hydrogen-bond acceptors (Lipinski definition) is 3. The minimum absolute atomic E-state index is 0.0845. The SMILES string of the molecule is NC1C(=O)N(Cc2ccccn2)c2cc(Br)ccc21. The summed E-state index contributed by atoms with van der Waals surface area (Å²) in [7, 11) is 0. The number of halogens is 1. The Hall–Kier alpha value is -1.72. The monoisotopic (exact) mass is 317 g/mol. The molecule has 2 aromatic rings. The van der Waals surface area contributed by atoms with Crippen molar-refractivity contribution in [3.05, 3.63) is 58.3 Å². The van der Waals surface area contributed by atoms with Crippen molar-refractivity contribution >= 4 is 27.5 Å². The third-order valence-corrected chi connectivity index (χ3v) is 3.69. The topological polar surface area (TPSA) is 59.2 Å². The van der Waals surface area contributed by atoms with E-state index in [1.54, 1.807) is 11.1 Å². The maximum Gasteiger partial charge on any atom is 0.248 e. The fourth-order valence-electron chi connectivity index (χ4n) is 2.25. The van der Waals surface area contributed by atoms with Gasteiger partial charge in [-0.15, -0.1) is 0 Å². The Balaban J connectivity index is 1.99. The van der Waals surface area contributed by atoms with E-state index in [1.165, 1.54) is 0 Å². The maximum absolute atomic E-state index is 12.2. The Morgan fingerprint density at radius 3 is 2.89 bits per heavy atom. The molecule has 1 aliphatic rings. The molecule has 5 heteroatoms. The van der Waals surface area contributed by atoms with Gasteiger partial charge in [0, 0.05) is 16.2 Å². The van der Waals surface area contributed by atoms with Gasteiger partial charge in [0.25, 0.3) is 0 Å². The molecule has 0 radical (unpaired) electrons. The molecule has 3 rings (SSSR count). The predicted octanol–water partition coefficient (Wildman–Crippen LogP) is 2.39. The quantitative estimate of drug-likeness (QED) is 0.925. The van der Waals surface area contributed by atoms with Gasteiger partial charge < -0.3 is 10.6 Å². The zero-order valence-corrected chi connectivity index (χ0v) is 11.7. The molecule has 4 nitrogen and oxygen atoms in total. The van der Waals surface area contributed by atoms with Gasteiger partial charge in [0.05, 0.1) is 17.9 Å². The van der Waals surface area contributed by atoms with E-state index in [-0.39, 0.29) is 5.91 Å². The van der Waals surface area contributed by atoms with Crippen LogP contribution in [0.4, 0.5) is 5.69 Å². The van der Waals surface area contributed by atoms with Crippen molar-refractivity contribution in [1.29, 1.82) is 0 Å². The van der Waals surface area contributed by atoms with Crippen molar-refractivity contribution in [2.75, 3.05) is 4.90 Å². The number of benzene rings is 1. The number of hydrogen-bond donors (Lipinski definition) is 1. The minimum atomic E-state index is -0.577. The van der Waals surface area contributed by atoms with Crippen LogP contribution in [-0.4, -0.2) is 10.9 Å². The minimum Gasteiger partial charge on any atom is -0.316 e. The van der Waals surface area contributed by atoms with Crippen molar-refractivity contribution in [3.8, 4) is 0 Å². The van der Waals surface area contributed by atoms with Gasteiger partial charge in [-0.2, -0.15) is 0 Å². The average molecular weight is 318 g/mol. The standard InChI is InChI=1S/C14H12BrN3O/c15-9-4-5-11-12(7-9)18(14(19)13(11)16)8-10-3-1-2-6-17-10/h1-7,13H,8,16H2. The first-order chi connectivity index (χ1) is 9.16. The van der Waals surface area contributed by atoms with Crippen molar-refractivity contribution < 1.29 is 4.79 Å². The van der Waals surface area contributed by atoms with E-state index in [4.69, 9.17) is 5.73 Å². The first kappa shape index (κ1) is 12.3. The van der Waals surface area contributed by atoms with Crippen LogP contribution in [0.5, 0.6) is 0 Å². The lowest BCUT2D eigenvalue weighted by Crippen LogP contribution is -2.31. The maximum atomic E-state index is 12.2. The summed E-state index contributed by atoms with van der Waals surface area (Å²) in [5, 5.41) is 0. The fraction of sp³-hybridized carbons (Fsp3) is 0.143. The molecule has 2 heterocycles. The van der Waals surface area contributed by atoms with Crippen LogP contribution in [0.3, 0.4) is 0 Å². The smallest absolute Gasteiger partial charge is 0.248 e. The summed E-state index contributed by atoms with van der Waals surface area (Å²) >= 11 is 3.42. The van der Waals surface area contributed by atoms with Gasteiger partial charge in [0.1, 0.15) is 6.04 Å². The summed E-state index contributed by atoms with van der Waals surface area (Å²) < 4.78 is 0.930. The van der Waals surface area contributed by atoms with Crippen LogP contribution < -0.4 is 10.6 Å². The number of nitrogens with zero attached hydrogens (tertiary/aromatic N) is 2. The van der Waals surface area contributed by atoms with Gasteiger partial charge in [-0.3, -0.25) is 9.78 Å². The number of anilines is 1. The zero-order chi connectivity index (χ0) is 13.4. The first-order valence-corrected chi connectivity index (χ1v) is 6.72. The molecule has 19 heavy (non-hydrogen) atoms. The van der Waals surface area contributed by atoms with Gasteiger partial charge in [0.2, 0.25) is 5.91 Å². The second-order valence-electron chi connectivity index (χ2n) is 4.43. The van der Waals surface area contributed by atoms with E-state index in [0.29, 0.717) is 6.54 Å². The fourth-order valence-corrected chi connectivity index (χ4v) is 2.60. The Kier molecular flexibility index (Phi) is 3.08. The van der Waals surface area contributed by atoms with Gasteiger partial charge in [-0.1, -0.05) is 28.1 Å². The van der Waals surface area contributed by atoms with E-state index < -0.39 is 6.04 Å². The molecule has 1 amide bonds. The highest BCUT2D eigenvalue weighted by Gasteiger charge is 2.34. The lowest BCUT2D eigenvalue weighted by Gasteiger charge is -2.17. The normalized spacial score (nSPS) is 17.7. The number of nitrogens with two attached hydrogens (primary N) is 1. The van der Waals surface area contributed by atoms with Crippen molar-refractivity contribution in [1.82, 2.24) is 4.98 Å². The first-order valence-electron chi connectivity index (χ1n) is 5.93. The number of fused-ring (bicyclic) bond motifs is 1. The van der Waals surface area contributed by atoms with Crippen LogP contribution in [0.25, 0.3) is 0 Å². The number of carbonyl (C=O) groups excluding carboxylic acids is 1. The summed E-state index contributed by atoms with van der Waals surface area (Å²) in [6.45, 7) is 0.441. The Bertz CT molecular complexity index is 630. The second-order valence-corrected chi connectivity index (χ2v) is 5.34. The summed E-state index contributed by atoms with van der Waals surface area (Å²) in [5.41, 5.74) is 8.52. The Labute approximate surface area is 119 Å². The lowest BCUT2D eigenvalue weighted by atomic mass is 10.1. The molecule has 0 spiro atoms. The van der Waals surface area contributed by atoms with E-state index in [2.05, 4.69) is 20.9 Å². The molecule has 0 bridgehead atoms. The highest BCUT2D eigenvalue weighted by molar-refractivity contribution is 9.10. The Morgan fingerprint density at radius 1 is 1.32 bits per heavy atom. The number of rotatable bonds is 2. The molecule has 0 saturated heterocycles. The average Bonchev–Trinajstić information content (AvgIpc) is 2.65. The van der Waals surface area contributed by atoms with Crippen molar-refractivity contribution in [2.24, 2.45) is 5.73 Å². The predicted molar refractivity (Wildman–Crippen MR) is 76.5 cm³/mol. The number of carbonyl (C=O) groups is 1. The third kappa shape index (κ3) is 2.15. The number of amides is 1. The van der Waals surface area contributed by atoms with Gasteiger partial charge >= 0.3 is 0 Å². The number of aromatic nitrogens is 1. The molecule has 0 aliphatic carbocycles. The summed E-state index contributed by atoms with van der Waals surface area (Å²) in [4.78, 5) is 18.2. The molecule has 1 aromatic carbocycles. The highest BCUT2D eigenvalue weighted by atomic mass is 79.9. The molecular weight excluding hydrogens is 306 g/mol. The largest absolute Gasteiger partial charge is 0.316 e. The van der Waals surface area contributed by atoms with Crippen molar-refractivity contribution in [2.45, 2.75) is 12.6 Å². The van der Waals surface area contributed by atoms with Crippen LogP contribution in [0.2, 0.25) is 0 Å². The molecular formula is C14H12BrN3O. The number of pyridine rings is 1. The van der Waals surface area contributed by atoms with Crippen molar-refractivity contribution in [3.63, 3.8) is 0 Å². The molecule has 0 fully saturated rings. The van der Waals surface area contributed by atoms with E-state index in [9.17, 15) is 4.79 Å². The molecule has 96 valence electrons. The van der Waals surface area contributed by atoms with E-state index >= 15 is 0 Å². The third-order valence-electron chi connectivity index (χ3n) is 3.20. The van der Waals surface area contributed by atoms with Crippen LogP contribution in [0, 0.1) is 0 Å². The van der Waals surface area contributed by atoms with Crippen LogP contribution >= 0.6 is 15.9 Å². The summed E-state index contributed by atoms with van der Waals surface area (Å²) in [6, 6.07) is 10.8. The van der Waals surface area contributed by atoms with Crippen LogP contribution in [0.1, 0.15) is 17.3 Å². The second kappa shape index (κ2) is 4.75. The van der Waals surface area contributed by atoms with Crippen LogP contribution in [-0.2, 0) is 11.3 Å². The summed E-state index contributed by atoms with van der Waals surface area (Å²) in [6.07, 6.45) is 1.72. The molecule has 1 atom stereocenters. The van der Waals surface area contributed by atoms with Crippen LogP contribution in [0.15, 0.2) is 47.1 Å². The highest BCUT2D eigenvalue weighted by Crippen LogP contribution is 2.37. The van der Waals surface area contributed by atoms with E-state index in [1.807, 2.05) is 36.4 Å². The van der Waals surface area contributed by atoms with Gasteiger partial charge in [0.15, 0.2) is 0 Å². The lowest BCUT2D eigenvalue weighted by molar-refractivity contribution is -0.119.